The quantitative estimate of drug-likeness (QED) is 0.269. The van der Waals surface area contributed by atoms with Gasteiger partial charge in [-0.3, -0.25) is 13.9 Å². The molecule has 0 aromatic heterocycles. The minimum Gasteiger partial charge on any atom is -0.354 e. The van der Waals surface area contributed by atoms with Crippen molar-refractivity contribution in [2.24, 2.45) is 0 Å². The lowest BCUT2D eigenvalue weighted by Gasteiger charge is -2.33. The highest BCUT2D eigenvalue weighted by atomic mass is 35.5. The Morgan fingerprint density at radius 1 is 0.900 bits per heavy atom. The third kappa shape index (κ3) is 7.56. The third-order valence-corrected chi connectivity index (χ3v) is 9.08. The number of amides is 2. The molecule has 10 heteroatoms. The second-order valence-electron chi connectivity index (χ2n) is 9.62. The molecule has 7 nitrogen and oxygen atoms in total. The molecule has 0 aliphatic heterocycles. The molecule has 40 heavy (non-hydrogen) atoms. The molecule has 3 rings (SSSR count). The molecule has 0 heterocycles. The smallest absolute Gasteiger partial charge is 0.264 e. The molecule has 0 radical (unpaired) electrons. The summed E-state index contributed by atoms with van der Waals surface area (Å²) in [6.45, 7) is 7.58. The summed E-state index contributed by atoms with van der Waals surface area (Å²) in [5, 5.41) is 3.03. The van der Waals surface area contributed by atoms with E-state index in [0.717, 1.165) is 27.4 Å². The van der Waals surface area contributed by atoms with Crippen molar-refractivity contribution in [3.05, 3.63) is 93.5 Å². The van der Waals surface area contributed by atoms with Crippen molar-refractivity contribution in [2.45, 2.75) is 58.0 Å². The molecule has 0 bridgehead atoms. The van der Waals surface area contributed by atoms with E-state index in [-0.39, 0.29) is 33.1 Å². The van der Waals surface area contributed by atoms with Crippen molar-refractivity contribution in [3.8, 4) is 0 Å². The molecule has 0 spiro atoms. The number of sulfonamides is 1. The van der Waals surface area contributed by atoms with E-state index in [2.05, 4.69) is 5.32 Å². The van der Waals surface area contributed by atoms with Crippen LogP contribution in [0.15, 0.2) is 71.6 Å². The van der Waals surface area contributed by atoms with Crippen LogP contribution >= 0.6 is 23.2 Å². The first-order valence-corrected chi connectivity index (χ1v) is 15.3. The van der Waals surface area contributed by atoms with E-state index in [1.807, 2.05) is 52.0 Å². The van der Waals surface area contributed by atoms with Crippen LogP contribution in [0.25, 0.3) is 0 Å². The summed E-state index contributed by atoms with van der Waals surface area (Å²) in [4.78, 5) is 28.7. The predicted octanol–water partition coefficient (Wildman–Crippen LogP) is 6.14. The SMILES string of the molecule is CCCNC(=O)[C@H](CC)N(Cc1ccc(C)cc1)C(=O)CN(c1cccc(Cl)c1Cl)S(=O)(=O)c1ccc(C)cc1. The zero-order valence-corrected chi connectivity index (χ0v) is 25.5. The van der Waals surface area contributed by atoms with Gasteiger partial charge >= 0.3 is 0 Å². The summed E-state index contributed by atoms with van der Waals surface area (Å²) in [6, 6.07) is 17.8. The van der Waals surface area contributed by atoms with Crippen molar-refractivity contribution in [1.29, 1.82) is 0 Å². The van der Waals surface area contributed by atoms with Gasteiger partial charge in [-0.25, -0.2) is 8.42 Å². The molecule has 0 saturated heterocycles. The molecule has 0 aliphatic carbocycles. The number of carbonyl (C=O) groups is 2. The number of halogens is 2. The highest BCUT2D eigenvalue weighted by Gasteiger charge is 2.34. The number of aryl methyl sites for hydroxylation is 2. The van der Waals surface area contributed by atoms with E-state index in [4.69, 9.17) is 23.2 Å². The van der Waals surface area contributed by atoms with Crippen molar-refractivity contribution in [3.63, 3.8) is 0 Å². The van der Waals surface area contributed by atoms with Crippen LogP contribution in [0.3, 0.4) is 0 Å². The molecule has 3 aromatic rings. The number of nitrogens with one attached hydrogen (secondary N) is 1. The van der Waals surface area contributed by atoms with Gasteiger partial charge in [-0.1, -0.05) is 90.6 Å². The second-order valence-corrected chi connectivity index (χ2v) is 12.3. The predicted molar refractivity (Wildman–Crippen MR) is 161 cm³/mol. The van der Waals surface area contributed by atoms with Crippen molar-refractivity contribution in [1.82, 2.24) is 10.2 Å². The lowest BCUT2D eigenvalue weighted by molar-refractivity contribution is -0.140. The average molecular weight is 605 g/mol. The zero-order chi connectivity index (χ0) is 29.4. The fourth-order valence-electron chi connectivity index (χ4n) is 4.21. The standard InChI is InChI=1S/C30H35Cl2N3O4S/c1-5-18-33-30(37)26(6-2)34(19-23-14-10-21(3)11-15-23)28(36)20-35(27-9-7-8-25(31)29(27)32)40(38,39)24-16-12-22(4)13-17-24/h7-17,26H,5-6,18-20H2,1-4H3,(H,33,37)/t26-/m0/s1. The van der Waals surface area contributed by atoms with Crippen LogP contribution in [-0.2, 0) is 26.2 Å². The zero-order valence-electron chi connectivity index (χ0n) is 23.2. The Balaban J connectivity index is 2.09. The van der Waals surface area contributed by atoms with E-state index >= 15 is 0 Å². The highest BCUT2D eigenvalue weighted by molar-refractivity contribution is 7.92. The molecular weight excluding hydrogens is 569 g/mol. The van der Waals surface area contributed by atoms with Crippen LogP contribution in [0, 0.1) is 13.8 Å². The average Bonchev–Trinajstić information content (AvgIpc) is 2.93. The molecule has 3 aromatic carbocycles. The first-order chi connectivity index (χ1) is 19.0. The minimum atomic E-state index is -4.24. The molecule has 0 saturated carbocycles. The Morgan fingerprint density at radius 2 is 1.50 bits per heavy atom. The number of hydrogen-bond acceptors (Lipinski definition) is 4. The van der Waals surface area contributed by atoms with Crippen LogP contribution in [0.1, 0.15) is 43.4 Å². The summed E-state index contributed by atoms with van der Waals surface area (Å²) >= 11 is 12.7. The highest BCUT2D eigenvalue weighted by Crippen LogP contribution is 2.35. The van der Waals surface area contributed by atoms with Crippen molar-refractivity contribution < 1.29 is 18.0 Å². The van der Waals surface area contributed by atoms with Crippen molar-refractivity contribution in [2.75, 3.05) is 17.4 Å². The number of nitrogens with zero attached hydrogens (tertiary/aromatic N) is 2. The van der Waals surface area contributed by atoms with Gasteiger partial charge in [-0.05, 0) is 56.5 Å². The van der Waals surface area contributed by atoms with Gasteiger partial charge in [0, 0.05) is 13.1 Å². The van der Waals surface area contributed by atoms with Gasteiger partial charge in [0.05, 0.1) is 20.6 Å². The van der Waals surface area contributed by atoms with Gasteiger partial charge in [0.15, 0.2) is 0 Å². The van der Waals surface area contributed by atoms with E-state index in [1.165, 1.54) is 23.1 Å². The molecule has 0 fully saturated rings. The number of benzene rings is 3. The first kappa shape index (κ1) is 31.5. The fourth-order valence-corrected chi connectivity index (χ4v) is 6.09. The van der Waals surface area contributed by atoms with Gasteiger partial charge in [0.25, 0.3) is 10.0 Å². The molecule has 1 N–H and O–H groups in total. The van der Waals surface area contributed by atoms with E-state index in [9.17, 15) is 18.0 Å². The van der Waals surface area contributed by atoms with E-state index in [0.29, 0.717) is 13.0 Å². The maximum atomic E-state index is 14.1. The Labute approximate surface area is 247 Å². The van der Waals surface area contributed by atoms with Gasteiger partial charge in [0.1, 0.15) is 12.6 Å². The maximum absolute atomic E-state index is 14.1. The Bertz CT molecular complexity index is 1430. The van der Waals surface area contributed by atoms with Gasteiger partial charge in [-0.15, -0.1) is 0 Å². The maximum Gasteiger partial charge on any atom is 0.264 e. The Hall–Kier alpha value is -3.07. The summed E-state index contributed by atoms with van der Waals surface area (Å²) < 4.78 is 28.9. The molecule has 2 amide bonds. The summed E-state index contributed by atoms with van der Waals surface area (Å²) in [5.41, 5.74) is 2.83. The second kappa shape index (κ2) is 14.0. The van der Waals surface area contributed by atoms with Crippen LogP contribution in [0.4, 0.5) is 5.69 Å². The van der Waals surface area contributed by atoms with Gasteiger partial charge in [-0.2, -0.15) is 0 Å². The lowest BCUT2D eigenvalue weighted by Crippen LogP contribution is -2.52. The number of carbonyl (C=O) groups excluding carboxylic acids is 2. The van der Waals surface area contributed by atoms with E-state index in [1.54, 1.807) is 24.3 Å². The normalized spacial score (nSPS) is 12.1. The summed E-state index contributed by atoms with van der Waals surface area (Å²) in [6.07, 6.45) is 1.08. The Morgan fingerprint density at radius 3 is 2.08 bits per heavy atom. The third-order valence-electron chi connectivity index (χ3n) is 6.50. The minimum absolute atomic E-state index is 0.000225. The summed E-state index contributed by atoms with van der Waals surface area (Å²) in [5.74, 6) is -0.843. The number of anilines is 1. The van der Waals surface area contributed by atoms with Gasteiger partial charge < -0.3 is 10.2 Å². The molecule has 0 aliphatic rings. The Kier molecular flexibility index (Phi) is 11.0. The summed E-state index contributed by atoms with van der Waals surface area (Å²) in [7, 11) is -4.24. The molecule has 214 valence electrons. The van der Waals surface area contributed by atoms with Crippen LogP contribution in [0.5, 0.6) is 0 Å². The molecule has 1 atom stereocenters. The van der Waals surface area contributed by atoms with Crippen LogP contribution in [-0.4, -0.2) is 44.3 Å². The molecular formula is C30H35Cl2N3O4S. The monoisotopic (exact) mass is 603 g/mol. The fraction of sp³-hybridized carbons (Fsp3) is 0.333. The van der Waals surface area contributed by atoms with E-state index < -0.39 is 28.5 Å². The van der Waals surface area contributed by atoms with Crippen LogP contribution < -0.4 is 9.62 Å². The first-order valence-electron chi connectivity index (χ1n) is 13.2. The topological polar surface area (TPSA) is 86.8 Å². The largest absolute Gasteiger partial charge is 0.354 e. The number of hydrogen-bond donors (Lipinski definition) is 1. The van der Waals surface area contributed by atoms with Crippen molar-refractivity contribution >= 4 is 50.7 Å². The number of rotatable bonds is 12. The molecule has 0 unspecified atom stereocenters. The van der Waals surface area contributed by atoms with Gasteiger partial charge in [0.2, 0.25) is 11.8 Å². The lowest BCUT2D eigenvalue weighted by atomic mass is 10.1. The van der Waals surface area contributed by atoms with Crippen LogP contribution in [0.2, 0.25) is 10.0 Å².